The lowest BCUT2D eigenvalue weighted by atomic mass is 10.3. The minimum Gasteiger partial charge on any atom is -0.487 e. The molecule has 18 heavy (non-hydrogen) atoms. The maximum absolute atomic E-state index is 6.06. The van der Waals surface area contributed by atoms with Gasteiger partial charge in [0.15, 0.2) is 5.65 Å². The fourth-order valence-electron chi connectivity index (χ4n) is 1.77. The van der Waals surface area contributed by atoms with Crippen molar-refractivity contribution in [1.29, 1.82) is 0 Å². The van der Waals surface area contributed by atoms with Crippen molar-refractivity contribution in [3.63, 3.8) is 0 Å². The summed E-state index contributed by atoms with van der Waals surface area (Å²) in [5.41, 5.74) is 1.61. The highest BCUT2D eigenvalue weighted by atomic mass is 35.5. The van der Waals surface area contributed by atoms with E-state index in [1.54, 1.807) is 0 Å². The van der Waals surface area contributed by atoms with Crippen LogP contribution in [-0.2, 0) is 6.61 Å². The number of rotatable bonds is 3. The van der Waals surface area contributed by atoms with Crippen LogP contribution in [0.15, 0.2) is 54.9 Å². The van der Waals surface area contributed by atoms with Crippen LogP contribution in [0.1, 0.15) is 5.69 Å². The molecular weight excluding hydrogens is 248 g/mol. The van der Waals surface area contributed by atoms with Gasteiger partial charge in [-0.3, -0.25) is 0 Å². The summed E-state index contributed by atoms with van der Waals surface area (Å²) < 4.78 is 7.54. The van der Waals surface area contributed by atoms with Gasteiger partial charge in [0, 0.05) is 12.4 Å². The van der Waals surface area contributed by atoms with Crippen LogP contribution in [0.4, 0.5) is 0 Å². The molecule has 0 N–H and O–H groups in total. The fourth-order valence-corrected chi connectivity index (χ4v) is 1.99. The molecule has 0 unspecified atom stereocenters. The van der Waals surface area contributed by atoms with Gasteiger partial charge in [-0.1, -0.05) is 29.8 Å². The molecule has 3 rings (SSSR count). The molecule has 0 aliphatic carbocycles. The monoisotopic (exact) mass is 258 g/mol. The van der Waals surface area contributed by atoms with Crippen LogP contribution in [0.2, 0.25) is 5.02 Å². The van der Waals surface area contributed by atoms with Crippen molar-refractivity contribution in [3.8, 4) is 5.75 Å². The SMILES string of the molecule is Clc1cccn2cc(COc3ccccc3)nc12. The Hall–Kier alpha value is -2.00. The molecule has 0 aliphatic rings. The van der Waals surface area contributed by atoms with Crippen LogP contribution >= 0.6 is 11.6 Å². The molecule has 0 saturated carbocycles. The first-order valence-electron chi connectivity index (χ1n) is 5.63. The predicted octanol–water partition coefficient (Wildman–Crippen LogP) is 3.57. The summed E-state index contributed by atoms with van der Waals surface area (Å²) in [6, 6.07) is 13.4. The molecule has 2 aromatic heterocycles. The Morgan fingerprint density at radius 1 is 1.11 bits per heavy atom. The van der Waals surface area contributed by atoms with E-state index in [9.17, 15) is 0 Å². The van der Waals surface area contributed by atoms with Gasteiger partial charge in [-0.25, -0.2) is 4.98 Å². The minimum absolute atomic E-state index is 0.433. The highest BCUT2D eigenvalue weighted by Crippen LogP contribution is 2.17. The number of benzene rings is 1. The second-order valence-corrected chi connectivity index (χ2v) is 4.33. The molecular formula is C14H11ClN2O. The highest BCUT2D eigenvalue weighted by Gasteiger charge is 2.05. The van der Waals surface area contributed by atoms with Gasteiger partial charge < -0.3 is 9.14 Å². The van der Waals surface area contributed by atoms with Gasteiger partial charge in [-0.15, -0.1) is 0 Å². The van der Waals surface area contributed by atoms with Crippen LogP contribution in [0.25, 0.3) is 5.65 Å². The lowest BCUT2D eigenvalue weighted by Gasteiger charge is -2.02. The van der Waals surface area contributed by atoms with Gasteiger partial charge in [-0.05, 0) is 24.3 Å². The zero-order valence-electron chi connectivity index (χ0n) is 9.58. The van der Waals surface area contributed by atoms with E-state index in [1.165, 1.54) is 0 Å². The van der Waals surface area contributed by atoms with Crippen molar-refractivity contribution in [2.45, 2.75) is 6.61 Å². The largest absolute Gasteiger partial charge is 0.487 e. The van der Waals surface area contributed by atoms with Gasteiger partial charge >= 0.3 is 0 Å². The molecule has 0 atom stereocenters. The summed E-state index contributed by atoms with van der Waals surface area (Å²) in [5.74, 6) is 0.834. The summed E-state index contributed by atoms with van der Waals surface area (Å²) in [7, 11) is 0. The first-order valence-corrected chi connectivity index (χ1v) is 6.01. The van der Waals surface area contributed by atoms with Gasteiger partial charge in [0.25, 0.3) is 0 Å². The molecule has 4 heteroatoms. The summed E-state index contributed by atoms with van der Waals surface area (Å²) in [4.78, 5) is 4.43. The standard InChI is InChI=1S/C14H11ClN2O/c15-13-7-4-8-17-9-11(16-14(13)17)10-18-12-5-2-1-3-6-12/h1-9H,10H2. The van der Waals surface area contributed by atoms with Crippen LogP contribution in [-0.4, -0.2) is 9.38 Å². The molecule has 3 nitrogen and oxygen atoms in total. The third-order valence-corrected chi connectivity index (χ3v) is 2.91. The van der Waals surface area contributed by atoms with Crippen LogP contribution in [0.5, 0.6) is 5.75 Å². The molecule has 0 aliphatic heterocycles. The van der Waals surface area contributed by atoms with Crippen molar-refractivity contribution in [1.82, 2.24) is 9.38 Å². The normalized spacial score (nSPS) is 10.7. The van der Waals surface area contributed by atoms with E-state index in [0.717, 1.165) is 17.1 Å². The van der Waals surface area contributed by atoms with Gasteiger partial charge in [0.2, 0.25) is 0 Å². The predicted molar refractivity (Wildman–Crippen MR) is 71.0 cm³/mol. The number of para-hydroxylation sites is 1. The average Bonchev–Trinajstić information content (AvgIpc) is 2.82. The quantitative estimate of drug-likeness (QED) is 0.718. The first kappa shape index (κ1) is 11.1. The van der Waals surface area contributed by atoms with E-state index >= 15 is 0 Å². The number of ether oxygens (including phenoxy) is 1. The van der Waals surface area contributed by atoms with E-state index in [-0.39, 0.29) is 0 Å². The van der Waals surface area contributed by atoms with Crippen molar-refractivity contribution < 1.29 is 4.74 Å². The molecule has 2 heterocycles. The second kappa shape index (κ2) is 4.70. The van der Waals surface area contributed by atoms with E-state index in [2.05, 4.69) is 4.98 Å². The van der Waals surface area contributed by atoms with Gasteiger partial charge in [0.05, 0.1) is 10.7 Å². The number of hydrogen-bond acceptors (Lipinski definition) is 2. The summed E-state index contributed by atoms with van der Waals surface area (Å²) in [5, 5.41) is 0.642. The molecule has 0 bridgehead atoms. The van der Waals surface area contributed by atoms with Gasteiger partial charge in [0.1, 0.15) is 12.4 Å². The van der Waals surface area contributed by atoms with E-state index < -0.39 is 0 Å². The summed E-state index contributed by atoms with van der Waals surface area (Å²) in [6.45, 7) is 0.433. The minimum atomic E-state index is 0.433. The van der Waals surface area contributed by atoms with Gasteiger partial charge in [-0.2, -0.15) is 0 Å². The van der Waals surface area contributed by atoms with Crippen molar-refractivity contribution in [3.05, 3.63) is 65.6 Å². The zero-order valence-corrected chi connectivity index (χ0v) is 10.3. The van der Waals surface area contributed by atoms with E-state index in [4.69, 9.17) is 16.3 Å². The van der Waals surface area contributed by atoms with Crippen molar-refractivity contribution >= 4 is 17.2 Å². The highest BCUT2D eigenvalue weighted by molar-refractivity contribution is 6.33. The number of imidazole rings is 1. The molecule has 1 aromatic carbocycles. The Labute approximate surface area is 110 Å². The summed E-state index contributed by atoms with van der Waals surface area (Å²) >= 11 is 6.06. The number of nitrogens with zero attached hydrogens (tertiary/aromatic N) is 2. The summed E-state index contributed by atoms with van der Waals surface area (Å²) in [6.07, 6.45) is 3.84. The third-order valence-electron chi connectivity index (χ3n) is 2.61. The maximum atomic E-state index is 6.06. The topological polar surface area (TPSA) is 26.5 Å². The Bertz CT molecular complexity index is 664. The Morgan fingerprint density at radius 3 is 2.72 bits per heavy atom. The lowest BCUT2D eigenvalue weighted by molar-refractivity contribution is 0.302. The molecule has 3 aromatic rings. The number of aromatic nitrogens is 2. The van der Waals surface area contributed by atoms with Crippen molar-refractivity contribution in [2.75, 3.05) is 0 Å². The Kier molecular flexibility index (Phi) is 2.90. The molecule has 0 fully saturated rings. The maximum Gasteiger partial charge on any atom is 0.155 e. The number of pyridine rings is 1. The lowest BCUT2D eigenvalue weighted by Crippen LogP contribution is -1.94. The van der Waals surface area contributed by atoms with E-state index in [1.807, 2.05) is 59.3 Å². The van der Waals surface area contributed by atoms with Crippen LogP contribution in [0.3, 0.4) is 0 Å². The molecule has 0 radical (unpaired) electrons. The molecule has 0 spiro atoms. The Balaban J connectivity index is 1.81. The number of halogens is 1. The first-order chi connectivity index (χ1) is 8.83. The second-order valence-electron chi connectivity index (χ2n) is 3.92. The third kappa shape index (κ3) is 2.17. The zero-order chi connectivity index (χ0) is 12.4. The number of hydrogen-bond donors (Lipinski definition) is 0. The molecule has 0 saturated heterocycles. The number of fused-ring (bicyclic) bond motifs is 1. The van der Waals surface area contributed by atoms with Crippen molar-refractivity contribution in [2.24, 2.45) is 0 Å². The van der Waals surface area contributed by atoms with Crippen LogP contribution in [0, 0.1) is 0 Å². The molecule has 0 amide bonds. The average molecular weight is 259 g/mol. The Morgan fingerprint density at radius 2 is 1.94 bits per heavy atom. The smallest absolute Gasteiger partial charge is 0.155 e. The van der Waals surface area contributed by atoms with E-state index in [0.29, 0.717) is 11.6 Å². The van der Waals surface area contributed by atoms with Crippen LogP contribution < -0.4 is 4.74 Å². The fraction of sp³-hybridized carbons (Fsp3) is 0.0714. The molecule has 90 valence electrons.